The predicted octanol–water partition coefficient (Wildman–Crippen LogP) is 0.761. The topological polar surface area (TPSA) is 154 Å². The van der Waals surface area contributed by atoms with Crippen molar-refractivity contribution in [2.45, 2.75) is 32.9 Å². The summed E-state index contributed by atoms with van der Waals surface area (Å²) in [5.41, 5.74) is 8.04. The number of nitrogens with zero attached hydrogens (tertiary/aromatic N) is 3. The van der Waals surface area contributed by atoms with E-state index in [0.29, 0.717) is 24.3 Å². The van der Waals surface area contributed by atoms with E-state index in [4.69, 9.17) is 15.2 Å². The Labute approximate surface area is 183 Å². The minimum Gasteiger partial charge on any atom is -0.461 e. The lowest BCUT2D eigenvalue weighted by Gasteiger charge is -2.08. The molecular weight excluding hydrogens is 416 g/mol. The normalized spacial score (nSPS) is 10.9. The van der Waals surface area contributed by atoms with Gasteiger partial charge in [-0.15, -0.1) is 0 Å². The molecule has 0 spiro atoms. The van der Waals surface area contributed by atoms with E-state index in [-0.39, 0.29) is 55.2 Å². The molecule has 3 rings (SSSR count). The Morgan fingerprint density at radius 2 is 1.84 bits per heavy atom. The van der Waals surface area contributed by atoms with Crippen LogP contribution in [0, 0.1) is 0 Å². The number of methoxy groups -OCH3 is 1. The number of carbonyl (C=O) groups excluding carboxylic acids is 2. The summed E-state index contributed by atoms with van der Waals surface area (Å²) in [6, 6.07) is 7.52. The van der Waals surface area contributed by atoms with Gasteiger partial charge in [0, 0.05) is 26.5 Å². The Morgan fingerprint density at radius 1 is 1.12 bits per heavy atom. The van der Waals surface area contributed by atoms with Crippen LogP contribution in [-0.4, -0.2) is 51.5 Å². The smallest absolute Gasteiger partial charge is 0.328 e. The number of carbonyl (C=O) groups is 2. The van der Waals surface area contributed by atoms with Crippen LogP contribution in [0.3, 0.4) is 0 Å². The second-order valence-corrected chi connectivity index (χ2v) is 7.24. The number of nitrogens with two attached hydrogens (primary N) is 1. The second-order valence-electron chi connectivity index (χ2n) is 7.24. The Morgan fingerprint density at radius 3 is 2.53 bits per heavy atom. The van der Waals surface area contributed by atoms with E-state index >= 15 is 0 Å². The maximum Gasteiger partial charge on any atom is 0.328 e. The number of amides is 1. The number of imidazole rings is 1. The first-order valence-electron chi connectivity index (χ1n) is 10.1. The van der Waals surface area contributed by atoms with Gasteiger partial charge in [-0.25, -0.2) is 4.79 Å². The van der Waals surface area contributed by atoms with Crippen molar-refractivity contribution in [3.05, 3.63) is 45.9 Å². The number of H-pyrrole nitrogens is 1. The Kier molecular flexibility index (Phi) is 7.55. The van der Waals surface area contributed by atoms with E-state index in [0.717, 1.165) is 11.1 Å². The summed E-state index contributed by atoms with van der Waals surface area (Å²) in [4.78, 5) is 46.2. The molecule has 0 atom stereocenters. The number of hydrogen-bond donors (Lipinski definition) is 3. The fourth-order valence-corrected chi connectivity index (χ4v) is 2.98. The molecule has 0 aliphatic carbocycles. The molecule has 2 aromatic heterocycles. The summed E-state index contributed by atoms with van der Waals surface area (Å²) >= 11 is 0. The number of aromatic amines is 1. The zero-order chi connectivity index (χ0) is 23.1. The number of aromatic nitrogens is 4. The van der Waals surface area contributed by atoms with Crippen molar-refractivity contribution >= 4 is 28.7 Å². The van der Waals surface area contributed by atoms with Gasteiger partial charge < -0.3 is 30.3 Å². The molecule has 0 aliphatic heterocycles. The molecule has 4 N–H and O–H groups in total. The first-order chi connectivity index (χ1) is 15.4. The first kappa shape index (κ1) is 22.9. The van der Waals surface area contributed by atoms with Gasteiger partial charge in [0.25, 0.3) is 0 Å². The van der Waals surface area contributed by atoms with E-state index in [2.05, 4.69) is 20.3 Å². The van der Waals surface area contributed by atoms with Crippen molar-refractivity contribution in [2.75, 3.05) is 26.1 Å². The van der Waals surface area contributed by atoms with Gasteiger partial charge >= 0.3 is 11.7 Å². The third-order valence-corrected chi connectivity index (χ3v) is 4.71. The number of benzene rings is 1. The average molecular weight is 442 g/mol. The predicted molar refractivity (Wildman–Crippen MR) is 117 cm³/mol. The summed E-state index contributed by atoms with van der Waals surface area (Å²) in [5.74, 6) is -0.0674. The number of nitrogens with one attached hydrogen (secondary N) is 2. The van der Waals surface area contributed by atoms with Crippen molar-refractivity contribution in [2.24, 2.45) is 0 Å². The highest BCUT2D eigenvalue weighted by Crippen LogP contribution is 2.18. The molecule has 11 heteroatoms. The van der Waals surface area contributed by atoms with E-state index in [1.165, 1.54) is 11.5 Å². The molecule has 0 bridgehead atoms. The fraction of sp³-hybridized carbons (Fsp3) is 0.381. The fourth-order valence-electron chi connectivity index (χ4n) is 2.98. The largest absolute Gasteiger partial charge is 0.461 e. The van der Waals surface area contributed by atoms with Crippen LogP contribution in [0.25, 0.3) is 11.2 Å². The molecule has 0 saturated heterocycles. The number of Topliss-reactive ketones (excluding diaryl/α,β-unsaturated/α-hetero) is 1. The zero-order valence-electron chi connectivity index (χ0n) is 18.0. The van der Waals surface area contributed by atoms with Crippen molar-refractivity contribution in [3.63, 3.8) is 0 Å². The van der Waals surface area contributed by atoms with Gasteiger partial charge in [-0.05, 0) is 18.1 Å². The van der Waals surface area contributed by atoms with Gasteiger partial charge in [0.1, 0.15) is 17.9 Å². The molecule has 0 saturated carbocycles. The van der Waals surface area contributed by atoms with Gasteiger partial charge in [-0.2, -0.15) is 9.97 Å². The highest BCUT2D eigenvalue weighted by molar-refractivity contribution is 5.83. The molecular formula is C21H26N6O5. The van der Waals surface area contributed by atoms with Crippen LogP contribution in [0.4, 0.5) is 5.82 Å². The van der Waals surface area contributed by atoms with Gasteiger partial charge in [0.2, 0.25) is 5.91 Å². The number of ketones is 1. The highest BCUT2D eigenvalue weighted by atomic mass is 16.5. The molecule has 32 heavy (non-hydrogen) atoms. The van der Waals surface area contributed by atoms with Crippen LogP contribution in [-0.2, 0) is 27.4 Å². The van der Waals surface area contributed by atoms with Crippen molar-refractivity contribution < 1.29 is 19.1 Å². The maximum absolute atomic E-state index is 12.5. The quantitative estimate of drug-likeness (QED) is 0.368. The van der Waals surface area contributed by atoms with Crippen LogP contribution in [0.2, 0.25) is 0 Å². The van der Waals surface area contributed by atoms with Crippen molar-refractivity contribution in [1.29, 1.82) is 0 Å². The average Bonchev–Trinajstić information content (AvgIpc) is 3.08. The van der Waals surface area contributed by atoms with Crippen LogP contribution >= 0.6 is 0 Å². The van der Waals surface area contributed by atoms with Gasteiger partial charge in [-0.1, -0.05) is 24.3 Å². The molecule has 170 valence electrons. The van der Waals surface area contributed by atoms with Gasteiger partial charge in [-0.3, -0.25) is 9.36 Å². The molecule has 3 aromatic rings. The number of nitrogen functional groups attached to an aromatic ring is 1. The minimum absolute atomic E-state index is 0.0160. The molecule has 1 amide bonds. The minimum atomic E-state index is -0.364. The number of anilines is 1. The highest BCUT2D eigenvalue weighted by Gasteiger charge is 2.15. The standard InChI is InChI=1S/C21H26N6O5/c1-13(28)3-8-16(29)23-11-14-4-6-15(7-5-14)12-27-19-17(24-21(27)30)18(22)25-20(26-19)32-10-9-31-2/h4-7H,3,8-12H2,1-2H3,(H,23,29)(H,24,30)(H2,22,25,26). The van der Waals surface area contributed by atoms with E-state index < -0.39 is 0 Å². The summed E-state index contributed by atoms with van der Waals surface area (Å²) < 4.78 is 11.8. The Hall–Kier alpha value is -3.73. The summed E-state index contributed by atoms with van der Waals surface area (Å²) in [6.07, 6.45) is 0.413. The Balaban J connectivity index is 1.70. The van der Waals surface area contributed by atoms with Crippen LogP contribution in [0.1, 0.15) is 30.9 Å². The SMILES string of the molecule is COCCOc1nc(N)c2[nH]c(=O)n(Cc3ccc(CNC(=O)CCC(C)=O)cc3)c2n1. The molecule has 1 aromatic carbocycles. The molecule has 0 radical (unpaired) electrons. The molecule has 0 fully saturated rings. The first-order valence-corrected chi connectivity index (χ1v) is 10.1. The monoisotopic (exact) mass is 442 g/mol. The van der Waals surface area contributed by atoms with Crippen LogP contribution in [0.15, 0.2) is 29.1 Å². The summed E-state index contributed by atoms with van der Waals surface area (Å²) in [6.45, 7) is 2.70. The van der Waals surface area contributed by atoms with Crippen molar-refractivity contribution in [3.8, 4) is 6.01 Å². The van der Waals surface area contributed by atoms with Crippen molar-refractivity contribution in [1.82, 2.24) is 24.8 Å². The lowest BCUT2D eigenvalue weighted by molar-refractivity contribution is -0.124. The van der Waals surface area contributed by atoms with Crippen LogP contribution in [0.5, 0.6) is 6.01 Å². The zero-order valence-corrected chi connectivity index (χ0v) is 18.0. The molecule has 0 aliphatic rings. The van der Waals surface area contributed by atoms with Gasteiger partial charge in [0.15, 0.2) is 11.5 Å². The van der Waals surface area contributed by atoms with Gasteiger partial charge in [0.05, 0.1) is 13.2 Å². The Bertz CT molecular complexity index is 1150. The van der Waals surface area contributed by atoms with E-state index in [1.807, 2.05) is 24.3 Å². The molecule has 11 nitrogen and oxygen atoms in total. The lowest BCUT2D eigenvalue weighted by Crippen LogP contribution is -2.23. The third-order valence-electron chi connectivity index (χ3n) is 4.71. The third kappa shape index (κ3) is 5.91. The second kappa shape index (κ2) is 10.5. The maximum atomic E-state index is 12.5. The van der Waals surface area contributed by atoms with E-state index in [1.54, 1.807) is 7.11 Å². The van der Waals surface area contributed by atoms with E-state index in [9.17, 15) is 14.4 Å². The molecule has 0 unspecified atom stereocenters. The summed E-state index contributed by atoms with van der Waals surface area (Å²) in [7, 11) is 1.55. The molecule has 2 heterocycles. The lowest BCUT2D eigenvalue weighted by atomic mass is 10.1. The summed E-state index contributed by atoms with van der Waals surface area (Å²) in [5, 5.41) is 2.78. The van der Waals surface area contributed by atoms with Crippen LogP contribution < -0.4 is 21.5 Å². The number of fused-ring (bicyclic) bond motifs is 1. The number of hydrogen-bond acceptors (Lipinski definition) is 8. The number of rotatable bonds is 11. The number of ether oxygens (including phenoxy) is 2.